The molecule has 5 rings (SSSR count). The number of fused-ring (bicyclic) bond motifs is 2. The largest absolute Gasteiger partial charge is 0.251 e. The first-order chi connectivity index (χ1) is 19.2. The first-order valence-electron chi connectivity index (χ1n) is 15.6. The van der Waals surface area contributed by atoms with E-state index in [4.69, 9.17) is 15.0 Å². The van der Waals surface area contributed by atoms with Crippen LogP contribution in [0.2, 0.25) is 0 Å². The molecule has 0 radical (unpaired) electrons. The number of pyridine rings is 1. The van der Waals surface area contributed by atoms with Gasteiger partial charge in [0.25, 0.3) is 0 Å². The monoisotopic (exact) mass is 533 g/mol. The van der Waals surface area contributed by atoms with Gasteiger partial charge in [-0.3, -0.25) is 9.98 Å². The van der Waals surface area contributed by atoms with Crippen molar-refractivity contribution in [1.82, 2.24) is 4.98 Å². The zero-order valence-electron chi connectivity index (χ0n) is 25.9. The number of aliphatic imine (C=N–C) groups is 2. The van der Waals surface area contributed by atoms with Crippen LogP contribution in [-0.2, 0) is 12.8 Å². The summed E-state index contributed by atoms with van der Waals surface area (Å²) in [4.78, 5) is 16.3. The Hall–Kier alpha value is -3.07. The van der Waals surface area contributed by atoms with Gasteiger partial charge < -0.3 is 0 Å². The van der Waals surface area contributed by atoms with Crippen molar-refractivity contribution in [2.45, 2.75) is 118 Å². The zero-order chi connectivity index (χ0) is 28.6. The van der Waals surface area contributed by atoms with Crippen LogP contribution in [0.15, 0.2) is 52.4 Å². The molecule has 0 N–H and O–H groups in total. The fraction of sp³-hybridized carbons (Fsp3) is 0.486. The maximum Gasteiger partial charge on any atom is 0.0884 e. The fourth-order valence-corrected chi connectivity index (χ4v) is 6.38. The second-order valence-corrected chi connectivity index (χ2v) is 13.0. The minimum Gasteiger partial charge on any atom is -0.251 e. The number of nitrogens with zero attached hydrogens (tertiary/aromatic N) is 3. The molecule has 0 atom stereocenters. The van der Waals surface area contributed by atoms with Gasteiger partial charge in [-0.15, -0.1) is 0 Å². The Morgan fingerprint density at radius 3 is 1.20 bits per heavy atom. The van der Waals surface area contributed by atoms with Crippen LogP contribution >= 0.6 is 0 Å². The molecule has 0 saturated carbocycles. The number of aryl methyl sites for hydroxylation is 2. The van der Waals surface area contributed by atoms with Crippen LogP contribution in [0.3, 0.4) is 0 Å². The summed E-state index contributed by atoms with van der Waals surface area (Å²) >= 11 is 0. The fourth-order valence-electron chi connectivity index (χ4n) is 6.38. The van der Waals surface area contributed by atoms with Gasteiger partial charge in [-0.1, -0.05) is 97.9 Å². The Bertz CT molecular complexity index is 1290. The lowest BCUT2D eigenvalue weighted by molar-refractivity contribution is 0.789. The van der Waals surface area contributed by atoms with Crippen LogP contribution in [0.5, 0.6) is 0 Å². The smallest absolute Gasteiger partial charge is 0.0884 e. The average molecular weight is 534 g/mol. The van der Waals surface area contributed by atoms with E-state index in [9.17, 15) is 0 Å². The van der Waals surface area contributed by atoms with Gasteiger partial charge in [0.2, 0.25) is 0 Å². The topological polar surface area (TPSA) is 37.6 Å². The van der Waals surface area contributed by atoms with Crippen LogP contribution in [0.4, 0.5) is 11.4 Å². The summed E-state index contributed by atoms with van der Waals surface area (Å²) in [5.41, 5.74) is 14.9. The molecule has 2 aromatic carbocycles. The lowest BCUT2D eigenvalue weighted by atomic mass is 9.87. The number of benzene rings is 2. The van der Waals surface area contributed by atoms with E-state index >= 15 is 0 Å². The molecule has 0 aliphatic heterocycles. The van der Waals surface area contributed by atoms with Crippen LogP contribution in [0.25, 0.3) is 0 Å². The van der Waals surface area contributed by atoms with E-state index in [2.05, 4.69) is 97.9 Å². The Morgan fingerprint density at radius 2 is 0.875 bits per heavy atom. The maximum atomic E-state index is 5.45. The van der Waals surface area contributed by atoms with Gasteiger partial charge in [-0.25, -0.2) is 4.98 Å². The Labute approximate surface area is 242 Å². The highest BCUT2D eigenvalue weighted by Crippen LogP contribution is 2.39. The predicted octanol–water partition coefficient (Wildman–Crippen LogP) is 10.5. The summed E-state index contributed by atoms with van der Waals surface area (Å²) in [6.45, 7) is 18.2. The minimum atomic E-state index is 0.424. The van der Waals surface area contributed by atoms with Crippen molar-refractivity contribution in [3.63, 3.8) is 0 Å². The van der Waals surface area contributed by atoms with Gasteiger partial charge in [-0.2, -0.15) is 0 Å². The molecule has 2 aliphatic carbocycles. The molecule has 1 aromatic heterocycles. The summed E-state index contributed by atoms with van der Waals surface area (Å²) in [5, 5.41) is 0. The molecule has 3 nitrogen and oxygen atoms in total. The lowest BCUT2D eigenvalue weighted by Crippen LogP contribution is -2.21. The van der Waals surface area contributed by atoms with E-state index in [0.29, 0.717) is 23.7 Å². The molecule has 0 unspecified atom stereocenters. The molecule has 0 saturated heterocycles. The molecular formula is C37H47N3. The zero-order valence-corrected chi connectivity index (χ0v) is 25.9. The van der Waals surface area contributed by atoms with E-state index < -0.39 is 0 Å². The molecule has 0 amide bonds. The third kappa shape index (κ3) is 5.57. The lowest BCUT2D eigenvalue weighted by Gasteiger charge is -2.25. The SMILES string of the molecule is CC(C)c1cccc(C(C)C)c1N=C1CCCc2cc3c(nc21)C(=Nc1c(C(C)C)cccc1C(C)C)CCC3. The summed E-state index contributed by atoms with van der Waals surface area (Å²) in [5.74, 6) is 1.69. The Kier molecular flexibility index (Phi) is 8.40. The number of rotatable bonds is 6. The third-order valence-corrected chi connectivity index (χ3v) is 8.62. The molecule has 3 aromatic rings. The first-order valence-corrected chi connectivity index (χ1v) is 15.6. The molecule has 210 valence electrons. The molecular weight excluding hydrogens is 486 g/mol. The van der Waals surface area contributed by atoms with Gasteiger partial charge >= 0.3 is 0 Å². The van der Waals surface area contributed by atoms with E-state index in [-0.39, 0.29) is 0 Å². The second-order valence-electron chi connectivity index (χ2n) is 13.0. The van der Waals surface area contributed by atoms with E-state index in [1.165, 1.54) is 33.4 Å². The van der Waals surface area contributed by atoms with Gasteiger partial charge in [0, 0.05) is 0 Å². The minimum absolute atomic E-state index is 0.424. The number of hydrogen-bond donors (Lipinski definition) is 0. The molecule has 0 bridgehead atoms. The van der Waals surface area contributed by atoms with Crippen molar-refractivity contribution in [2.75, 3.05) is 0 Å². The molecule has 0 fully saturated rings. The van der Waals surface area contributed by atoms with Crippen molar-refractivity contribution in [1.29, 1.82) is 0 Å². The van der Waals surface area contributed by atoms with Gasteiger partial charge in [0.15, 0.2) is 0 Å². The van der Waals surface area contributed by atoms with Crippen molar-refractivity contribution in [2.24, 2.45) is 9.98 Å². The van der Waals surface area contributed by atoms with Crippen LogP contribution in [0.1, 0.15) is 150 Å². The molecule has 0 spiro atoms. The highest BCUT2D eigenvalue weighted by molar-refractivity contribution is 6.07. The summed E-state index contributed by atoms with van der Waals surface area (Å²) in [6.07, 6.45) is 6.38. The van der Waals surface area contributed by atoms with Crippen molar-refractivity contribution >= 4 is 22.8 Å². The highest BCUT2D eigenvalue weighted by atomic mass is 14.9. The van der Waals surface area contributed by atoms with Gasteiger partial charge in [-0.05, 0) is 95.6 Å². The molecule has 40 heavy (non-hydrogen) atoms. The Balaban J connectivity index is 1.67. The van der Waals surface area contributed by atoms with Crippen LogP contribution in [0, 0.1) is 0 Å². The van der Waals surface area contributed by atoms with E-state index in [1.54, 1.807) is 0 Å². The Morgan fingerprint density at radius 1 is 0.525 bits per heavy atom. The second kappa shape index (κ2) is 11.8. The molecule has 1 heterocycles. The number of para-hydroxylation sites is 2. The van der Waals surface area contributed by atoms with Crippen LogP contribution in [-0.4, -0.2) is 16.4 Å². The van der Waals surface area contributed by atoms with Gasteiger partial charge in [0.05, 0.1) is 34.2 Å². The summed E-state index contributed by atoms with van der Waals surface area (Å²) in [7, 11) is 0. The van der Waals surface area contributed by atoms with Crippen molar-refractivity contribution < 1.29 is 0 Å². The quantitative estimate of drug-likeness (QED) is 0.310. The van der Waals surface area contributed by atoms with E-state index in [0.717, 1.165) is 72.7 Å². The number of aromatic nitrogens is 1. The number of hydrogen-bond acceptors (Lipinski definition) is 3. The van der Waals surface area contributed by atoms with Crippen molar-refractivity contribution in [3.05, 3.63) is 87.2 Å². The standard InChI is InChI=1S/C37H47N3/c1-22(2)28-15-11-16-29(23(3)4)36(28)38-32-19-9-13-26-21-27-14-10-20-33(35(27)40-34(26)32)39-37-30(24(5)6)17-12-18-31(37)25(7)8/h11-12,15-18,21-25H,9-10,13-14,19-20H2,1-8H3. The molecule has 3 heteroatoms. The summed E-state index contributed by atoms with van der Waals surface area (Å²) < 4.78 is 0. The van der Waals surface area contributed by atoms with Crippen molar-refractivity contribution in [3.8, 4) is 0 Å². The average Bonchev–Trinajstić information content (AvgIpc) is 2.92. The van der Waals surface area contributed by atoms with E-state index in [1.807, 2.05) is 0 Å². The predicted molar refractivity (Wildman–Crippen MR) is 172 cm³/mol. The maximum absolute atomic E-state index is 5.45. The molecule has 2 aliphatic rings. The highest BCUT2D eigenvalue weighted by Gasteiger charge is 2.26. The normalized spacial score (nSPS) is 17.4. The van der Waals surface area contributed by atoms with Crippen LogP contribution < -0.4 is 0 Å². The third-order valence-electron chi connectivity index (χ3n) is 8.62. The van der Waals surface area contributed by atoms with Gasteiger partial charge in [0.1, 0.15) is 0 Å². The first kappa shape index (κ1) is 28.5. The summed E-state index contributed by atoms with van der Waals surface area (Å²) in [6, 6.07) is 15.8.